The molecule has 0 aliphatic carbocycles. The molecule has 4 N–H and O–H groups in total. The summed E-state index contributed by atoms with van der Waals surface area (Å²) in [4.78, 5) is 11.9. The van der Waals surface area contributed by atoms with Crippen LogP contribution in [0.1, 0.15) is 17.3 Å². The first-order valence-electron chi connectivity index (χ1n) is 8.63. The summed E-state index contributed by atoms with van der Waals surface area (Å²) in [6.07, 6.45) is 0. The maximum Gasteiger partial charge on any atom is 0.272 e. The van der Waals surface area contributed by atoms with E-state index in [1.165, 1.54) is 12.1 Å². The van der Waals surface area contributed by atoms with Gasteiger partial charge in [0.05, 0.1) is 17.1 Å². The second-order valence-corrected chi connectivity index (χ2v) is 6.49. The van der Waals surface area contributed by atoms with E-state index in [1.54, 1.807) is 6.07 Å². The molecule has 1 aromatic heterocycles. The predicted octanol–water partition coefficient (Wildman–Crippen LogP) is 1.62. The number of nitrogens with zero attached hydrogens (tertiary/aromatic N) is 1. The quantitative estimate of drug-likeness (QED) is 0.560. The van der Waals surface area contributed by atoms with Gasteiger partial charge in [0.2, 0.25) is 0 Å². The number of hydrazine groups is 1. The van der Waals surface area contributed by atoms with Crippen LogP contribution in [-0.4, -0.2) is 23.3 Å². The van der Waals surface area contributed by atoms with E-state index in [2.05, 4.69) is 26.4 Å². The van der Waals surface area contributed by atoms with Gasteiger partial charge in [0.25, 0.3) is 5.56 Å². The zero-order chi connectivity index (χ0) is 17.9. The molecule has 0 radical (unpaired) electrons. The largest absolute Gasteiger partial charge is 0.311 e. The summed E-state index contributed by atoms with van der Waals surface area (Å²) in [7, 11) is 0. The summed E-state index contributed by atoms with van der Waals surface area (Å²) in [5.74, 6) is 0.0832. The van der Waals surface area contributed by atoms with E-state index < -0.39 is 0 Å². The Balaban J connectivity index is 1.44. The van der Waals surface area contributed by atoms with Gasteiger partial charge >= 0.3 is 0 Å². The Kier molecular flexibility index (Phi) is 4.75. The summed E-state index contributed by atoms with van der Waals surface area (Å²) in [5, 5.41) is 11.7. The van der Waals surface area contributed by atoms with Crippen molar-refractivity contribution in [2.75, 3.05) is 13.1 Å². The monoisotopic (exact) mass is 353 g/mol. The summed E-state index contributed by atoms with van der Waals surface area (Å²) in [5.41, 5.74) is 8.12. The van der Waals surface area contributed by atoms with Crippen LogP contribution in [0.5, 0.6) is 0 Å². The zero-order valence-electron chi connectivity index (χ0n) is 14.1. The lowest BCUT2D eigenvalue weighted by molar-refractivity contribution is 0.440. The average molecular weight is 353 g/mol. The Labute approximate surface area is 149 Å². The van der Waals surface area contributed by atoms with Crippen LogP contribution < -0.4 is 21.7 Å². The number of nitrogens with one attached hydrogen (secondary N) is 4. The van der Waals surface area contributed by atoms with Gasteiger partial charge in [-0.1, -0.05) is 30.3 Å². The summed E-state index contributed by atoms with van der Waals surface area (Å²) >= 11 is 0. The van der Waals surface area contributed by atoms with E-state index in [9.17, 15) is 9.18 Å². The van der Waals surface area contributed by atoms with Gasteiger partial charge in [-0.3, -0.25) is 10.2 Å². The Hall–Kier alpha value is -2.61. The van der Waals surface area contributed by atoms with Crippen molar-refractivity contribution in [1.29, 1.82) is 0 Å². The van der Waals surface area contributed by atoms with Gasteiger partial charge in [0.15, 0.2) is 0 Å². The maximum absolute atomic E-state index is 13.1. The van der Waals surface area contributed by atoms with Crippen molar-refractivity contribution >= 4 is 10.8 Å². The van der Waals surface area contributed by atoms with Gasteiger partial charge in [-0.25, -0.2) is 14.9 Å². The van der Waals surface area contributed by atoms with Crippen LogP contribution in [0, 0.1) is 11.7 Å². The number of aromatic nitrogens is 2. The molecule has 1 saturated heterocycles. The fourth-order valence-electron chi connectivity index (χ4n) is 3.43. The Morgan fingerprint density at radius 3 is 2.69 bits per heavy atom. The number of hydrogen-bond donors (Lipinski definition) is 4. The van der Waals surface area contributed by atoms with Crippen LogP contribution in [0.4, 0.5) is 4.39 Å². The summed E-state index contributed by atoms with van der Waals surface area (Å²) in [6, 6.07) is 14.2. The Morgan fingerprint density at radius 2 is 1.88 bits per heavy atom. The fraction of sp³-hybridized carbons (Fsp3) is 0.263. The van der Waals surface area contributed by atoms with Crippen LogP contribution in [0.2, 0.25) is 0 Å². The normalized spacial score (nSPS) is 19.9. The van der Waals surface area contributed by atoms with Crippen molar-refractivity contribution in [3.05, 3.63) is 76.0 Å². The van der Waals surface area contributed by atoms with Gasteiger partial charge < -0.3 is 5.32 Å². The standard InChI is InChI=1S/C19H20FN5O/c20-14-7-5-12(6-8-14)18-13(10-22-24-18)9-21-11-17-15-3-1-2-4-16(15)19(26)25-23-17/h1-8,13,18,21-22,24H,9-11H2,(H,25,26). The van der Waals surface area contributed by atoms with Crippen molar-refractivity contribution in [3.63, 3.8) is 0 Å². The molecule has 26 heavy (non-hydrogen) atoms. The molecule has 0 spiro atoms. The number of rotatable bonds is 5. The lowest BCUT2D eigenvalue weighted by Crippen LogP contribution is -2.29. The summed E-state index contributed by atoms with van der Waals surface area (Å²) < 4.78 is 13.1. The van der Waals surface area contributed by atoms with Crippen LogP contribution in [0.25, 0.3) is 10.8 Å². The summed E-state index contributed by atoms with van der Waals surface area (Å²) in [6.45, 7) is 2.13. The molecular formula is C19H20FN5O. The van der Waals surface area contributed by atoms with E-state index in [0.29, 0.717) is 17.8 Å². The molecule has 1 aliphatic heterocycles. The molecule has 4 rings (SSSR count). The number of benzene rings is 2. The molecule has 2 heterocycles. The van der Waals surface area contributed by atoms with Gasteiger partial charge in [0, 0.05) is 30.9 Å². The predicted molar refractivity (Wildman–Crippen MR) is 97.8 cm³/mol. The highest BCUT2D eigenvalue weighted by Gasteiger charge is 2.27. The third-order valence-electron chi connectivity index (χ3n) is 4.80. The Bertz CT molecular complexity index is 956. The smallest absolute Gasteiger partial charge is 0.272 e. The maximum atomic E-state index is 13.1. The fourth-order valence-corrected chi connectivity index (χ4v) is 3.43. The van der Waals surface area contributed by atoms with Crippen molar-refractivity contribution < 1.29 is 4.39 Å². The molecule has 0 bridgehead atoms. The number of fused-ring (bicyclic) bond motifs is 1. The highest BCUT2D eigenvalue weighted by Crippen LogP contribution is 2.24. The van der Waals surface area contributed by atoms with Crippen LogP contribution in [0.15, 0.2) is 53.3 Å². The number of H-pyrrole nitrogens is 1. The molecule has 3 aromatic rings. The van der Waals surface area contributed by atoms with Gasteiger partial charge in [0.1, 0.15) is 5.82 Å². The lowest BCUT2D eigenvalue weighted by Gasteiger charge is -2.19. The van der Waals surface area contributed by atoms with Crippen molar-refractivity contribution in [2.45, 2.75) is 12.6 Å². The zero-order valence-corrected chi connectivity index (χ0v) is 14.1. The van der Waals surface area contributed by atoms with Crippen LogP contribution in [0.3, 0.4) is 0 Å². The average Bonchev–Trinajstić information content (AvgIpc) is 3.13. The highest BCUT2D eigenvalue weighted by molar-refractivity contribution is 5.83. The molecular weight excluding hydrogens is 333 g/mol. The molecule has 0 saturated carbocycles. The molecule has 134 valence electrons. The van der Waals surface area contributed by atoms with E-state index in [1.807, 2.05) is 30.3 Å². The molecule has 2 unspecified atom stereocenters. The van der Waals surface area contributed by atoms with E-state index in [0.717, 1.165) is 29.7 Å². The molecule has 0 amide bonds. The minimum absolute atomic E-state index is 0.114. The molecule has 2 aromatic carbocycles. The van der Waals surface area contributed by atoms with Gasteiger partial charge in [-0.05, 0) is 23.8 Å². The van der Waals surface area contributed by atoms with Crippen molar-refractivity contribution in [3.8, 4) is 0 Å². The third kappa shape index (κ3) is 3.37. The highest BCUT2D eigenvalue weighted by atomic mass is 19.1. The third-order valence-corrected chi connectivity index (χ3v) is 4.80. The van der Waals surface area contributed by atoms with Gasteiger partial charge in [-0.15, -0.1) is 0 Å². The lowest BCUT2D eigenvalue weighted by atomic mass is 9.95. The number of hydrogen-bond acceptors (Lipinski definition) is 5. The van der Waals surface area contributed by atoms with Gasteiger partial charge in [-0.2, -0.15) is 5.10 Å². The molecule has 6 nitrogen and oxygen atoms in total. The Morgan fingerprint density at radius 1 is 1.12 bits per heavy atom. The SMILES string of the molecule is O=c1[nH]nc(CNCC2CNNC2c2ccc(F)cc2)c2ccccc12. The van der Waals surface area contributed by atoms with Crippen LogP contribution in [-0.2, 0) is 6.54 Å². The van der Waals surface area contributed by atoms with E-state index >= 15 is 0 Å². The molecule has 1 aliphatic rings. The van der Waals surface area contributed by atoms with E-state index in [-0.39, 0.29) is 17.4 Å². The second-order valence-electron chi connectivity index (χ2n) is 6.49. The first-order valence-corrected chi connectivity index (χ1v) is 8.63. The number of aromatic amines is 1. The minimum Gasteiger partial charge on any atom is -0.311 e. The first kappa shape index (κ1) is 16.8. The number of halogens is 1. The van der Waals surface area contributed by atoms with Crippen molar-refractivity contribution in [2.24, 2.45) is 5.92 Å². The van der Waals surface area contributed by atoms with Crippen LogP contribution >= 0.6 is 0 Å². The molecule has 7 heteroatoms. The molecule has 2 atom stereocenters. The van der Waals surface area contributed by atoms with E-state index in [4.69, 9.17) is 0 Å². The first-order chi connectivity index (χ1) is 12.7. The second kappa shape index (κ2) is 7.33. The minimum atomic E-state index is -0.231. The van der Waals surface area contributed by atoms with Crippen molar-refractivity contribution in [1.82, 2.24) is 26.4 Å². The topological polar surface area (TPSA) is 81.8 Å². The molecule has 1 fully saturated rings.